The van der Waals surface area contributed by atoms with Crippen molar-refractivity contribution in [3.8, 4) is 0 Å². The normalized spacial score (nSPS) is 19.8. The average molecular weight is 259 g/mol. The maximum absolute atomic E-state index is 12.6. The SMILES string of the molecule is N[C@H](c1cccc(C(F)(F)F)c1)C1CCOCC1. The third-order valence-electron chi connectivity index (χ3n) is 3.37. The van der Waals surface area contributed by atoms with Gasteiger partial charge in [0.2, 0.25) is 0 Å². The second kappa shape index (κ2) is 5.28. The molecule has 2 nitrogen and oxygen atoms in total. The molecule has 1 atom stereocenters. The number of ether oxygens (including phenoxy) is 1. The first kappa shape index (κ1) is 13.4. The number of nitrogens with two attached hydrogens (primary N) is 1. The molecule has 18 heavy (non-hydrogen) atoms. The van der Waals surface area contributed by atoms with Gasteiger partial charge < -0.3 is 10.5 Å². The molecule has 1 aromatic carbocycles. The van der Waals surface area contributed by atoms with Gasteiger partial charge >= 0.3 is 6.18 Å². The molecule has 0 radical (unpaired) electrons. The van der Waals surface area contributed by atoms with Crippen LogP contribution in [0.15, 0.2) is 24.3 Å². The first-order valence-electron chi connectivity index (χ1n) is 5.99. The number of hydrogen-bond acceptors (Lipinski definition) is 2. The molecule has 0 unspecified atom stereocenters. The summed E-state index contributed by atoms with van der Waals surface area (Å²) in [5, 5.41) is 0. The fourth-order valence-corrected chi connectivity index (χ4v) is 2.27. The van der Waals surface area contributed by atoms with Crippen molar-refractivity contribution in [2.45, 2.75) is 25.1 Å². The van der Waals surface area contributed by atoms with Crippen LogP contribution in [0.1, 0.15) is 30.0 Å². The summed E-state index contributed by atoms with van der Waals surface area (Å²) in [6.45, 7) is 1.27. The van der Waals surface area contributed by atoms with Crippen LogP contribution in [0.2, 0.25) is 0 Å². The van der Waals surface area contributed by atoms with Gasteiger partial charge in [0.1, 0.15) is 0 Å². The van der Waals surface area contributed by atoms with Crippen LogP contribution in [0.5, 0.6) is 0 Å². The highest BCUT2D eigenvalue weighted by molar-refractivity contribution is 5.28. The summed E-state index contributed by atoms with van der Waals surface area (Å²) in [6.07, 6.45) is -2.71. The Morgan fingerprint density at radius 3 is 2.50 bits per heavy atom. The molecular weight excluding hydrogens is 243 g/mol. The number of benzene rings is 1. The molecule has 2 rings (SSSR count). The molecule has 0 saturated carbocycles. The zero-order valence-electron chi connectivity index (χ0n) is 9.91. The van der Waals surface area contributed by atoms with E-state index < -0.39 is 11.7 Å². The van der Waals surface area contributed by atoms with Gasteiger partial charge in [-0.05, 0) is 36.5 Å². The van der Waals surface area contributed by atoms with Crippen molar-refractivity contribution in [1.82, 2.24) is 0 Å². The Morgan fingerprint density at radius 2 is 1.89 bits per heavy atom. The predicted octanol–water partition coefficient (Wildman–Crippen LogP) is 3.13. The van der Waals surface area contributed by atoms with Crippen molar-refractivity contribution in [3.05, 3.63) is 35.4 Å². The second-order valence-electron chi connectivity index (χ2n) is 4.60. The van der Waals surface area contributed by atoms with Crippen molar-refractivity contribution in [2.24, 2.45) is 11.7 Å². The highest BCUT2D eigenvalue weighted by Crippen LogP contribution is 2.33. The van der Waals surface area contributed by atoms with Crippen LogP contribution in [0.4, 0.5) is 13.2 Å². The van der Waals surface area contributed by atoms with Gasteiger partial charge in [-0.1, -0.05) is 12.1 Å². The fraction of sp³-hybridized carbons (Fsp3) is 0.538. The molecular formula is C13H16F3NO. The number of halogens is 3. The highest BCUT2D eigenvalue weighted by atomic mass is 19.4. The summed E-state index contributed by atoms with van der Waals surface area (Å²) in [5.41, 5.74) is 5.97. The Balaban J connectivity index is 2.17. The molecule has 1 heterocycles. The topological polar surface area (TPSA) is 35.2 Å². The van der Waals surface area contributed by atoms with Crippen molar-refractivity contribution >= 4 is 0 Å². The zero-order valence-corrected chi connectivity index (χ0v) is 9.91. The molecule has 2 N–H and O–H groups in total. The van der Waals surface area contributed by atoms with Crippen molar-refractivity contribution in [3.63, 3.8) is 0 Å². The van der Waals surface area contributed by atoms with Gasteiger partial charge in [-0.15, -0.1) is 0 Å². The van der Waals surface area contributed by atoms with E-state index >= 15 is 0 Å². The summed E-state index contributed by atoms with van der Waals surface area (Å²) >= 11 is 0. The van der Waals surface area contributed by atoms with E-state index in [9.17, 15) is 13.2 Å². The Morgan fingerprint density at radius 1 is 1.22 bits per heavy atom. The minimum atomic E-state index is -4.31. The number of alkyl halides is 3. The number of hydrogen-bond donors (Lipinski definition) is 1. The molecule has 5 heteroatoms. The predicted molar refractivity (Wildman–Crippen MR) is 61.9 cm³/mol. The van der Waals surface area contributed by atoms with Crippen LogP contribution in [-0.4, -0.2) is 13.2 Å². The van der Waals surface area contributed by atoms with E-state index in [0.717, 1.165) is 25.0 Å². The first-order valence-corrected chi connectivity index (χ1v) is 5.99. The molecule has 0 spiro atoms. The van der Waals surface area contributed by atoms with E-state index in [1.807, 2.05) is 0 Å². The molecule has 0 amide bonds. The molecule has 1 aliphatic heterocycles. The Labute approximate surface area is 104 Å². The van der Waals surface area contributed by atoms with Gasteiger partial charge in [0, 0.05) is 19.3 Å². The molecule has 1 saturated heterocycles. The van der Waals surface area contributed by atoms with Gasteiger partial charge in [0.15, 0.2) is 0 Å². The molecule has 100 valence electrons. The largest absolute Gasteiger partial charge is 0.416 e. The van der Waals surface area contributed by atoms with Gasteiger partial charge in [-0.2, -0.15) is 13.2 Å². The minimum Gasteiger partial charge on any atom is -0.381 e. The third kappa shape index (κ3) is 3.03. The van der Waals surface area contributed by atoms with Crippen LogP contribution in [0, 0.1) is 5.92 Å². The lowest BCUT2D eigenvalue weighted by atomic mass is 9.87. The summed E-state index contributed by atoms with van der Waals surface area (Å²) in [4.78, 5) is 0. The maximum atomic E-state index is 12.6. The fourth-order valence-electron chi connectivity index (χ4n) is 2.27. The van der Waals surface area contributed by atoms with Crippen molar-refractivity contribution < 1.29 is 17.9 Å². The summed E-state index contributed by atoms with van der Waals surface area (Å²) in [6, 6.07) is 4.95. The zero-order chi connectivity index (χ0) is 13.2. The van der Waals surface area contributed by atoms with Crippen LogP contribution in [0.25, 0.3) is 0 Å². The molecule has 1 aliphatic rings. The van der Waals surface area contributed by atoms with Gasteiger partial charge in [0.05, 0.1) is 5.56 Å². The Hall–Kier alpha value is -1.07. The average Bonchev–Trinajstić information content (AvgIpc) is 2.38. The van der Waals surface area contributed by atoms with E-state index in [1.54, 1.807) is 6.07 Å². The molecule has 0 aromatic heterocycles. The second-order valence-corrected chi connectivity index (χ2v) is 4.60. The van der Waals surface area contributed by atoms with E-state index in [-0.39, 0.29) is 12.0 Å². The molecule has 1 fully saturated rings. The van der Waals surface area contributed by atoms with E-state index in [0.29, 0.717) is 18.8 Å². The van der Waals surface area contributed by atoms with Crippen LogP contribution in [-0.2, 0) is 10.9 Å². The van der Waals surface area contributed by atoms with E-state index in [2.05, 4.69) is 0 Å². The van der Waals surface area contributed by atoms with Gasteiger partial charge in [0.25, 0.3) is 0 Å². The first-order chi connectivity index (χ1) is 8.48. The Kier molecular flexibility index (Phi) is 3.92. The summed E-state index contributed by atoms with van der Waals surface area (Å²) in [5.74, 6) is 0.197. The summed E-state index contributed by atoms with van der Waals surface area (Å²) < 4.78 is 43.1. The lowest BCUT2D eigenvalue weighted by Gasteiger charge is -2.28. The monoisotopic (exact) mass is 259 g/mol. The van der Waals surface area contributed by atoms with Crippen molar-refractivity contribution in [1.29, 1.82) is 0 Å². The molecule has 0 aliphatic carbocycles. The summed E-state index contributed by atoms with van der Waals surface area (Å²) in [7, 11) is 0. The lowest BCUT2D eigenvalue weighted by Crippen LogP contribution is -2.27. The van der Waals surface area contributed by atoms with Crippen LogP contribution < -0.4 is 5.73 Å². The number of rotatable bonds is 2. The van der Waals surface area contributed by atoms with Gasteiger partial charge in [-0.3, -0.25) is 0 Å². The van der Waals surface area contributed by atoms with Crippen molar-refractivity contribution in [2.75, 3.05) is 13.2 Å². The maximum Gasteiger partial charge on any atom is 0.416 e. The Bertz CT molecular complexity index is 399. The minimum absolute atomic E-state index is 0.197. The standard InChI is InChI=1S/C13H16F3NO/c14-13(15,16)11-3-1-2-10(8-11)12(17)9-4-6-18-7-5-9/h1-3,8-9,12H,4-7,17H2/t12-/m0/s1. The van der Waals surface area contributed by atoms with E-state index in [1.165, 1.54) is 6.07 Å². The van der Waals surface area contributed by atoms with E-state index in [4.69, 9.17) is 10.5 Å². The van der Waals surface area contributed by atoms with Crippen LogP contribution >= 0.6 is 0 Å². The molecule has 0 bridgehead atoms. The smallest absolute Gasteiger partial charge is 0.381 e. The quantitative estimate of drug-likeness (QED) is 0.885. The highest BCUT2D eigenvalue weighted by Gasteiger charge is 2.31. The lowest BCUT2D eigenvalue weighted by molar-refractivity contribution is -0.137. The van der Waals surface area contributed by atoms with Gasteiger partial charge in [-0.25, -0.2) is 0 Å². The van der Waals surface area contributed by atoms with Crippen LogP contribution in [0.3, 0.4) is 0 Å². The third-order valence-corrected chi connectivity index (χ3v) is 3.37. The molecule has 1 aromatic rings.